The Hall–Kier alpha value is -3.37. The van der Waals surface area contributed by atoms with Crippen LogP contribution in [0.3, 0.4) is 0 Å². The molecular weight excluding hydrogens is 520 g/mol. The van der Waals surface area contributed by atoms with Gasteiger partial charge in [0.1, 0.15) is 5.75 Å². The summed E-state index contributed by atoms with van der Waals surface area (Å²) in [4.78, 5) is 16.0. The summed E-state index contributed by atoms with van der Waals surface area (Å²) in [6.45, 7) is 0. The third kappa shape index (κ3) is 5.75. The van der Waals surface area contributed by atoms with Crippen molar-refractivity contribution >= 4 is 71.8 Å². The van der Waals surface area contributed by atoms with Crippen LogP contribution in [0.4, 0.5) is 17.1 Å². The van der Waals surface area contributed by atoms with Crippen molar-refractivity contribution in [3.63, 3.8) is 0 Å². The first-order valence-electron chi connectivity index (χ1n) is 10.3. The zero-order valence-electron chi connectivity index (χ0n) is 18.7. The number of nitrogens with one attached hydrogen (secondary N) is 2. The predicted octanol–water partition coefficient (Wildman–Crippen LogP) is 4.51. The number of benzene rings is 3. The Morgan fingerprint density at radius 3 is 2.47 bits per heavy atom. The van der Waals surface area contributed by atoms with E-state index in [1.165, 1.54) is 7.11 Å². The number of ether oxygens (including phenoxy) is 1. The molecule has 3 aromatic carbocycles. The average molecular weight is 545 g/mol. The highest BCUT2D eigenvalue weighted by Crippen LogP contribution is 2.37. The number of nitrogens with zero attached hydrogens (tertiary/aromatic N) is 1. The van der Waals surface area contributed by atoms with Gasteiger partial charge < -0.3 is 15.8 Å². The zero-order chi connectivity index (χ0) is 23.6. The van der Waals surface area contributed by atoms with Crippen LogP contribution in [-0.4, -0.2) is 32.7 Å². The predicted molar refractivity (Wildman–Crippen MR) is 142 cm³/mol. The number of primary amides is 1. The van der Waals surface area contributed by atoms with Crippen molar-refractivity contribution in [3.05, 3.63) is 66.2 Å². The van der Waals surface area contributed by atoms with Crippen molar-refractivity contribution in [3.8, 4) is 5.75 Å². The third-order valence-electron chi connectivity index (χ3n) is 5.17. The number of nitrogens with two attached hydrogens (primary N) is 1. The van der Waals surface area contributed by atoms with Crippen LogP contribution in [0.2, 0.25) is 0 Å². The van der Waals surface area contributed by atoms with E-state index >= 15 is 0 Å². The molecule has 4 aromatic rings. The van der Waals surface area contributed by atoms with Crippen LogP contribution in [0, 0.1) is 0 Å². The van der Waals surface area contributed by atoms with E-state index in [0.29, 0.717) is 23.5 Å². The van der Waals surface area contributed by atoms with Crippen molar-refractivity contribution in [1.29, 1.82) is 0 Å². The number of aryl methyl sites for hydroxylation is 1. The molecule has 0 aliphatic rings. The van der Waals surface area contributed by atoms with Crippen molar-refractivity contribution < 1.29 is 17.9 Å². The summed E-state index contributed by atoms with van der Waals surface area (Å²) in [5, 5.41) is 5.28. The lowest BCUT2D eigenvalue weighted by molar-refractivity contribution is -0.117. The first-order valence-corrected chi connectivity index (χ1v) is 12.2. The average Bonchev–Trinajstić information content (AvgIpc) is 2.77. The number of methoxy groups -OCH3 is 1. The van der Waals surface area contributed by atoms with Crippen LogP contribution in [0.5, 0.6) is 5.75 Å². The first kappa shape index (κ1) is 25.3. The number of anilines is 3. The molecular formula is C24H25BrN4O4S. The van der Waals surface area contributed by atoms with E-state index in [1.807, 2.05) is 42.5 Å². The Bertz CT molecular complexity index is 1480. The molecule has 0 spiro atoms. The van der Waals surface area contributed by atoms with Gasteiger partial charge in [0, 0.05) is 23.3 Å². The van der Waals surface area contributed by atoms with Crippen molar-refractivity contribution in [1.82, 2.24) is 4.98 Å². The number of sulfonamides is 1. The Kier molecular flexibility index (Phi) is 7.63. The smallest absolute Gasteiger partial charge is 0.229 e. The quantitative estimate of drug-likeness (QED) is 0.280. The third-order valence-corrected chi connectivity index (χ3v) is 5.78. The zero-order valence-corrected chi connectivity index (χ0v) is 21.2. The fraction of sp³-hybridized carbons (Fsp3) is 0.167. The summed E-state index contributed by atoms with van der Waals surface area (Å²) in [5.41, 5.74) is 9.79. The number of carbonyl (C=O) groups excluding carboxylic acids is 1. The Balaban J connectivity index is 0.00000324. The minimum atomic E-state index is -3.41. The number of para-hydroxylation sites is 1. The highest BCUT2D eigenvalue weighted by atomic mass is 79.9. The van der Waals surface area contributed by atoms with Crippen molar-refractivity contribution in [2.75, 3.05) is 23.4 Å². The largest absolute Gasteiger partial charge is 0.494 e. The summed E-state index contributed by atoms with van der Waals surface area (Å²) in [6, 6.07) is 18.7. The Labute approximate surface area is 208 Å². The second kappa shape index (κ2) is 10.3. The molecule has 1 aromatic heterocycles. The van der Waals surface area contributed by atoms with Crippen LogP contribution in [0.1, 0.15) is 12.0 Å². The summed E-state index contributed by atoms with van der Waals surface area (Å²) >= 11 is 0. The molecule has 1 amide bonds. The van der Waals surface area contributed by atoms with Gasteiger partial charge in [-0.3, -0.25) is 9.52 Å². The molecule has 0 fully saturated rings. The summed E-state index contributed by atoms with van der Waals surface area (Å²) < 4.78 is 31.1. The molecule has 0 radical (unpaired) electrons. The van der Waals surface area contributed by atoms with Gasteiger partial charge in [-0.05, 0) is 36.2 Å². The lowest BCUT2D eigenvalue weighted by Gasteiger charge is -2.17. The highest BCUT2D eigenvalue weighted by molar-refractivity contribution is 8.93. The topological polar surface area (TPSA) is 123 Å². The first-order chi connectivity index (χ1) is 15.7. The van der Waals surface area contributed by atoms with Gasteiger partial charge in [0.2, 0.25) is 15.9 Å². The van der Waals surface area contributed by atoms with Gasteiger partial charge >= 0.3 is 0 Å². The van der Waals surface area contributed by atoms with E-state index in [2.05, 4.69) is 10.0 Å². The van der Waals surface area contributed by atoms with E-state index in [4.69, 9.17) is 15.5 Å². The van der Waals surface area contributed by atoms with E-state index in [0.717, 1.165) is 39.3 Å². The standard InChI is InChI=1S/C24H24N4O4S.BrH/c1-32-22-14-16(28-33(2,30)31)9-11-20(22)27-24-17-5-3-4-6-19(17)26-21-13-15(7-10-18(21)24)8-12-23(25)29;/h3-7,9-11,13-14,28H,8,12H2,1-2H3,(H2,25,29)(H,26,27);1H. The fourth-order valence-electron chi connectivity index (χ4n) is 3.70. The van der Waals surface area contributed by atoms with Crippen LogP contribution in [0.25, 0.3) is 21.8 Å². The molecule has 10 heteroatoms. The van der Waals surface area contributed by atoms with Gasteiger partial charge in [-0.15, -0.1) is 17.0 Å². The van der Waals surface area contributed by atoms with E-state index in [9.17, 15) is 13.2 Å². The molecule has 34 heavy (non-hydrogen) atoms. The lowest BCUT2D eigenvalue weighted by Crippen LogP contribution is -2.11. The number of aromatic nitrogens is 1. The van der Waals surface area contributed by atoms with Gasteiger partial charge in [0.05, 0.1) is 41.5 Å². The maximum absolute atomic E-state index is 11.6. The Morgan fingerprint density at radius 1 is 1.03 bits per heavy atom. The minimum Gasteiger partial charge on any atom is -0.494 e. The van der Waals surface area contributed by atoms with Gasteiger partial charge in [0.15, 0.2) is 0 Å². The van der Waals surface area contributed by atoms with E-state index in [-0.39, 0.29) is 29.3 Å². The summed E-state index contributed by atoms with van der Waals surface area (Å²) in [5.74, 6) is 0.139. The number of fused-ring (bicyclic) bond motifs is 2. The van der Waals surface area contributed by atoms with Gasteiger partial charge in [0.25, 0.3) is 0 Å². The van der Waals surface area contributed by atoms with Crippen LogP contribution in [0.15, 0.2) is 60.7 Å². The van der Waals surface area contributed by atoms with E-state index < -0.39 is 10.0 Å². The maximum atomic E-state index is 11.6. The Morgan fingerprint density at radius 2 is 1.76 bits per heavy atom. The molecule has 0 bridgehead atoms. The van der Waals surface area contributed by atoms with Crippen molar-refractivity contribution in [2.24, 2.45) is 5.73 Å². The van der Waals surface area contributed by atoms with Crippen LogP contribution in [-0.2, 0) is 21.2 Å². The number of hydrogen-bond donors (Lipinski definition) is 3. The molecule has 0 atom stereocenters. The summed E-state index contributed by atoms with van der Waals surface area (Å²) in [7, 11) is -1.88. The number of amides is 1. The molecule has 0 aliphatic carbocycles. The summed E-state index contributed by atoms with van der Waals surface area (Å²) in [6.07, 6.45) is 1.92. The number of halogens is 1. The van der Waals surface area contributed by atoms with Gasteiger partial charge in [-0.1, -0.05) is 30.3 Å². The van der Waals surface area contributed by atoms with Gasteiger partial charge in [-0.2, -0.15) is 0 Å². The van der Waals surface area contributed by atoms with Crippen LogP contribution >= 0.6 is 17.0 Å². The maximum Gasteiger partial charge on any atom is 0.229 e. The number of pyridine rings is 1. The normalized spacial score (nSPS) is 11.1. The molecule has 1 heterocycles. The molecule has 8 nitrogen and oxygen atoms in total. The number of carbonyl (C=O) groups is 1. The fourth-order valence-corrected chi connectivity index (χ4v) is 4.26. The SMILES string of the molecule is Br.COc1cc(NS(C)(=O)=O)ccc1Nc1c2ccccc2nc2cc(CCC(N)=O)ccc12. The van der Waals surface area contributed by atoms with Gasteiger partial charge in [-0.25, -0.2) is 13.4 Å². The molecule has 0 saturated heterocycles. The number of hydrogen-bond acceptors (Lipinski definition) is 6. The second-order valence-corrected chi connectivity index (χ2v) is 9.48. The van der Waals surface area contributed by atoms with E-state index in [1.54, 1.807) is 18.2 Å². The molecule has 4 N–H and O–H groups in total. The highest BCUT2D eigenvalue weighted by Gasteiger charge is 2.14. The lowest BCUT2D eigenvalue weighted by atomic mass is 10.0. The minimum absolute atomic E-state index is 0. The molecule has 4 rings (SSSR count). The second-order valence-electron chi connectivity index (χ2n) is 7.74. The number of rotatable bonds is 8. The van der Waals surface area contributed by atoms with Crippen molar-refractivity contribution in [2.45, 2.75) is 12.8 Å². The molecule has 0 aliphatic heterocycles. The molecule has 0 saturated carbocycles. The molecule has 0 unspecified atom stereocenters. The van der Waals surface area contributed by atoms with Crippen LogP contribution < -0.4 is 20.5 Å². The monoisotopic (exact) mass is 544 g/mol. The molecule has 178 valence electrons.